The van der Waals surface area contributed by atoms with Gasteiger partial charge >= 0.3 is 0 Å². The molecule has 5 nitrogen and oxygen atoms in total. The number of halogens is 1. The molecule has 3 rings (SSSR count). The van der Waals surface area contributed by atoms with Gasteiger partial charge in [-0.3, -0.25) is 0 Å². The SMILES string of the molecule is Cc1cc2c(N3CCOCC3CCl)nccn2n1. The van der Waals surface area contributed by atoms with Crippen LogP contribution in [-0.2, 0) is 4.74 Å². The summed E-state index contributed by atoms with van der Waals surface area (Å²) in [5, 5.41) is 4.41. The average Bonchev–Trinajstić information content (AvgIpc) is 2.78. The summed E-state index contributed by atoms with van der Waals surface area (Å²) in [5.74, 6) is 1.47. The summed E-state index contributed by atoms with van der Waals surface area (Å²) < 4.78 is 7.33. The first kappa shape index (κ1) is 11.7. The second kappa shape index (κ2) is 4.74. The van der Waals surface area contributed by atoms with E-state index >= 15 is 0 Å². The van der Waals surface area contributed by atoms with Gasteiger partial charge in [-0.25, -0.2) is 9.50 Å². The van der Waals surface area contributed by atoms with Gasteiger partial charge in [-0.05, 0) is 13.0 Å². The number of ether oxygens (including phenoxy) is 1. The first-order valence-corrected chi connectivity index (χ1v) is 6.54. The summed E-state index contributed by atoms with van der Waals surface area (Å²) in [7, 11) is 0. The number of alkyl halides is 1. The number of morpholine rings is 1. The van der Waals surface area contributed by atoms with Crippen LogP contribution in [0.25, 0.3) is 5.52 Å². The van der Waals surface area contributed by atoms with E-state index in [4.69, 9.17) is 16.3 Å². The average molecular weight is 267 g/mol. The van der Waals surface area contributed by atoms with Crippen LogP contribution in [0.2, 0.25) is 0 Å². The molecule has 0 amide bonds. The second-order valence-electron chi connectivity index (χ2n) is 4.44. The number of aryl methyl sites for hydroxylation is 1. The van der Waals surface area contributed by atoms with Gasteiger partial charge in [0.15, 0.2) is 5.82 Å². The Balaban J connectivity index is 2.06. The first-order chi connectivity index (χ1) is 8.79. The molecule has 1 atom stereocenters. The molecule has 0 bridgehead atoms. The molecule has 0 aliphatic carbocycles. The highest BCUT2D eigenvalue weighted by Crippen LogP contribution is 2.23. The molecule has 0 aromatic carbocycles. The molecular formula is C12H15ClN4O. The molecule has 1 saturated heterocycles. The third-order valence-corrected chi connectivity index (χ3v) is 3.53. The van der Waals surface area contributed by atoms with Crippen molar-refractivity contribution in [1.29, 1.82) is 0 Å². The highest BCUT2D eigenvalue weighted by atomic mass is 35.5. The van der Waals surface area contributed by atoms with Crippen molar-refractivity contribution < 1.29 is 4.74 Å². The Labute approximate surface area is 110 Å². The number of aromatic nitrogens is 3. The van der Waals surface area contributed by atoms with Crippen LogP contribution in [0, 0.1) is 6.92 Å². The van der Waals surface area contributed by atoms with Crippen LogP contribution in [0.3, 0.4) is 0 Å². The minimum absolute atomic E-state index is 0.175. The van der Waals surface area contributed by atoms with Crippen molar-refractivity contribution in [2.45, 2.75) is 13.0 Å². The lowest BCUT2D eigenvalue weighted by Gasteiger charge is -2.35. The normalized spacial score (nSPS) is 20.6. The topological polar surface area (TPSA) is 42.7 Å². The molecule has 3 heterocycles. The molecule has 2 aromatic rings. The molecule has 0 radical (unpaired) electrons. The Bertz CT molecular complexity index is 556. The van der Waals surface area contributed by atoms with Gasteiger partial charge in [0.1, 0.15) is 5.52 Å². The van der Waals surface area contributed by atoms with Crippen molar-refractivity contribution in [3.8, 4) is 0 Å². The molecule has 1 unspecified atom stereocenters. The number of fused-ring (bicyclic) bond motifs is 1. The van der Waals surface area contributed by atoms with Crippen LogP contribution in [0.5, 0.6) is 0 Å². The zero-order valence-electron chi connectivity index (χ0n) is 10.2. The Morgan fingerprint density at radius 2 is 2.44 bits per heavy atom. The smallest absolute Gasteiger partial charge is 0.155 e. The number of rotatable bonds is 2. The highest BCUT2D eigenvalue weighted by Gasteiger charge is 2.25. The zero-order valence-corrected chi connectivity index (χ0v) is 11.0. The lowest BCUT2D eigenvalue weighted by atomic mass is 10.2. The summed E-state index contributed by atoms with van der Waals surface area (Å²) in [6.45, 7) is 4.16. The summed E-state index contributed by atoms with van der Waals surface area (Å²) in [6.07, 6.45) is 3.64. The summed E-state index contributed by atoms with van der Waals surface area (Å²) in [6, 6.07) is 2.22. The third kappa shape index (κ3) is 1.93. The van der Waals surface area contributed by atoms with Crippen molar-refractivity contribution in [1.82, 2.24) is 14.6 Å². The van der Waals surface area contributed by atoms with Gasteiger partial charge in [0.25, 0.3) is 0 Å². The standard InChI is InChI=1S/C12H15ClN4O/c1-9-6-11-12(14-2-3-17(11)15-9)16-4-5-18-8-10(16)7-13/h2-3,6,10H,4-5,7-8H2,1H3. The number of nitrogens with zero attached hydrogens (tertiary/aromatic N) is 4. The lowest BCUT2D eigenvalue weighted by molar-refractivity contribution is 0.0995. The fourth-order valence-electron chi connectivity index (χ4n) is 2.31. The Morgan fingerprint density at radius 3 is 3.28 bits per heavy atom. The second-order valence-corrected chi connectivity index (χ2v) is 4.75. The van der Waals surface area contributed by atoms with E-state index in [-0.39, 0.29) is 6.04 Å². The van der Waals surface area contributed by atoms with Gasteiger partial charge in [0, 0.05) is 24.8 Å². The first-order valence-electron chi connectivity index (χ1n) is 6.01. The van der Waals surface area contributed by atoms with E-state index in [9.17, 15) is 0 Å². The maximum Gasteiger partial charge on any atom is 0.155 e. The maximum atomic E-state index is 6.01. The molecule has 0 spiro atoms. The monoisotopic (exact) mass is 266 g/mol. The van der Waals surface area contributed by atoms with E-state index in [2.05, 4.69) is 15.0 Å². The van der Waals surface area contributed by atoms with E-state index in [0.717, 1.165) is 23.6 Å². The summed E-state index contributed by atoms with van der Waals surface area (Å²) in [4.78, 5) is 6.71. The molecule has 1 aliphatic rings. The fourth-order valence-corrected chi connectivity index (χ4v) is 2.57. The summed E-state index contributed by atoms with van der Waals surface area (Å²) in [5.41, 5.74) is 2.01. The van der Waals surface area contributed by atoms with Crippen molar-refractivity contribution >= 4 is 22.9 Å². The maximum absolute atomic E-state index is 6.01. The summed E-state index contributed by atoms with van der Waals surface area (Å²) >= 11 is 6.01. The van der Waals surface area contributed by atoms with Crippen molar-refractivity contribution in [3.63, 3.8) is 0 Å². The predicted octanol–water partition coefficient (Wildman–Crippen LogP) is 1.48. The van der Waals surface area contributed by atoms with E-state index in [1.807, 2.05) is 23.7 Å². The highest BCUT2D eigenvalue weighted by molar-refractivity contribution is 6.18. The number of hydrogen-bond donors (Lipinski definition) is 0. The molecule has 6 heteroatoms. The minimum atomic E-state index is 0.175. The van der Waals surface area contributed by atoms with Crippen LogP contribution in [0.15, 0.2) is 18.5 Å². The van der Waals surface area contributed by atoms with Crippen LogP contribution >= 0.6 is 11.6 Å². The molecule has 0 N–H and O–H groups in total. The quantitative estimate of drug-likeness (QED) is 0.773. The van der Waals surface area contributed by atoms with Crippen molar-refractivity contribution in [3.05, 3.63) is 24.2 Å². The molecule has 0 saturated carbocycles. The Kier molecular flexibility index (Phi) is 3.09. The van der Waals surface area contributed by atoms with E-state index in [1.165, 1.54) is 0 Å². The van der Waals surface area contributed by atoms with Gasteiger partial charge in [-0.1, -0.05) is 0 Å². The number of anilines is 1. The number of hydrogen-bond acceptors (Lipinski definition) is 4. The molecule has 96 valence electrons. The van der Waals surface area contributed by atoms with Gasteiger partial charge in [0.05, 0.1) is 24.9 Å². The van der Waals surface area contributed by atoms with E-state index in [0.29, 0.717) is 19.1 Å². The zero-order chi connectivity index (χ0) is 12.5. The van der Waals surface area contributed by atoms with E-state index in [1.54, 1.807) is 6.20 Å². The largest absolute Gasteiger partial charge is 0.377 e. The van der Waals surface area contributed by atoms with Gasteiger partial charge < -0.3 is 9.64 Å². The third-order valence-electron chi connectivity index (χ3n) is 3.17. The molecule has 1 aliphatic heterocycles. The van der Waals surface area contributed by atoms with Crippen LogP contribution in [0.4, 0.5) is 5.82 Å². The molecule has 2 aromatic heterocycles. The lowest BCUT2D eigenvalue weighted by Crippen LogP contribution is -2.47. The van der Waals surface area contributed by atoms with Crippen LogP contribution in [0.1, 0.15) is 5.69 Å². The molecule has 18 heavy (non-hydrogen) atoms. The Morgan fingerprint density at radius 1 is 1.56 bits per heavy atom. The Hall–Kier alpha value is -1.33. The van der Waals surface area contributed by atoms with Gasteiger partial charge in [-0.15, -0.1) is 11.6 Å². The molecule has 1 fully saturated rings. The molecular weight excluding hydrogens is 252 g/mol. The van der Waals surface area contributed by atoms with Gasteiger partial charge in [0.2, 0.25) is 0 Å². The van der Waals surface area contributed by atoms with Crippen molar-refractivity contribution in [2.75, 3.05) is 30.5 Å². The fraction of sp³-hybridized carbons (Fsp3) is 0.500. The van der Waals surface area contributed by atoms with Crippen LogP contribution < -0.4 is 4.90 Å². The predicted molar refractivity (Wildman–Crippen MR) is 70.4 cm³/mol. The van der Waals surface area contributed by atoms with Crippen molar-refractivity contribution in [2.24, 2.45) is 0 Å². The van der Waals surface area contributed by atoms with E-state index < -0.39 is 0 Å². The van der Waals surface area contributed by atoms with Gasteiger partial charge in [-0.2, -0.15) is 5.10 Å². The minimum Gasteiger partial charge on any atom is -0.377 e. The van der Waals surface area contributed by atoms with Crippen LogP contribution in [-0.4, -0.2) is 46.3 Å².